The van der Waals surface area contributed by atoms with Crippen molar-refractivity contribution in [2.45, 2.75) is 29.2 Å². The van der Waals surface area contributed by atoms with Gasteiger partial charge in [0.15, 0.2) is 0 Å². The summed E-state index contributed by atoms with van der Waals surface area (Å²) in [6.45, 7) is 1.10. The summed E-state index contributed by atoms with van der Waals surface area (Å²) < 4.78 is 29.7. The predicted octanol–water partition coefficient (Wildman–Crippen LogP) is -0.436. The van der Waals surface area contributed by atoms with E-state index >= 15 is 0 Å². The molecule has 0 fully saturated rings. The molecule has 0 spiro atoms. The first-order valence-electron chi connectivity index (χ1n) is 6.34. The number of rotatable bonds is 6. The number of carbonyl (C=O) groups excluding carboxylic acids is 2. The number of benzene rings is 1. The molecule has 1 heterocycles. The molecule has 10 heteroatoms. The van der Waals surface area contributed by atoms with E-state index in [0.29, 0.717) is 5.56 Å². The second-order valence-corrected chi connectivity index (χ2v) is 8.38. The summed E-state index contributed by atoms with van der Waals surface area (Å²) in [7, 11) is -4.26. The second-order valence-electron chi connectivity index (χ2n) is 5.09. The van der Waals surface area contributed by atoms with Crippen molar-refractivity contribution in [3.63, 3.8) is 0 Å². The van der Waals surface area contributed by atoms with Crippen molar-refractivity contribution in [2.24, 2.45) is 0 Å². The molecule has 0 amide bonds. The van der Waals surface area contributed by atoms with Crippen LogP contribution in [-0.4, -0.2) is 52.4 Å². The van der Waals surface area contributed by atoms with Crippen LogP contribution < -0.4 is 4.72 Å². The summed E-state index contributed by atoms with van der Waals surface area (Å²) in [5, 5.41) is 9.23. The summed E-state index contributed by atoms with van der Waals surface area (Å²) >= 11 is 1.66. The fourth-order valence-corrected chi connectivity index (χ4v) is 4.58. The minimum absolute atomic E-state index is 0.0606. The van der Waals surface area contributed by atoms with Gasteiger partial charge in [0.25, 0.3) is 0 Å². The second kappa shape index (κ2) is 6.07. The Morgan fingerprint density at radius 3 is 2.61 bits per heavy atom. The first kappa shape index (κ1) is 17.6. The van der Waals surface area contributed by atoms with Crippen LogP contribution in [0.25, 0.3) is 0 Å². The van der Waals surface area contributed by atoms with E-state index < -0.39 is 38.5 Å². The fourth-order valence-electron chi connectivity index (χ4n) is 2.05. The zero-order valence-corrected chi connectivity index (χ0v) is 14.6. The van der Waals surface area contributed by atoms with E-state index in [4.69, 9.17) is 4.74 Å². The summed E-state index contributed by atoms with van der Waals surface area (Å²) in [6.07, 6.45) is -0.532. The number of carboxylic acids is 1. The standard InChI is InChI=1S/C13H12AsNO7S/c1-7(16)5-13(14,12(18)19)15-23(20,21)10-3-8-2-9(4-10)11(17)22-6-8/h2-4,15H,5-6H2,1H3,(H,18,19). The molecule has 0 saturated heterocycles. The number of fused-ring (bicyclic) bond motifs is 2. The fraction of sp³-hybridized carbons (Fsp3) is 0.308. The number of nitrogens with one attached hydrogen (secondary N) is 1. The minimum atomic E-state index is -4.26. The van der Waals surface area contributed by atoms with E-state index in [-0.39, 0.29) is 17.1 Å². The van der Waals surface area contributed by atoms with Gasteiger partial charge in [0.05, 0.1) is 0 Å². The Morgan fingerprint density at radius 2 is 2.04 bits per heavy atom. The number of sulfonamides is 1. The average Bonchev–Trinajstić information content (AvgIpc) is 2.41. The van der Waals surface area contributed by atoms with E-state index in [0.717, 1.165) is 13.0 Å². The first-order valence-corrected chi connectivity index (χ1v) is 8.76. The maximum atomic E-state index is 12.4. The predicted molar refractivity (Wildman–Crippen MR) is 77.3 cm³/mol. The van der Waals surface area contributed by atoms with Crippen LogP contribution in [0.5, 0.6) is 0 Å². The molecule has 1 aromatic rings. The number of Topliss-reactive ketones (excluding diaryl/α,β-unsaturated/α-hetero) is 1. The zero-order chi connectivity index (χ0) is 17.4. The number of ketones is 1. The van der Waals surface area contributed by atoms with E-state index in [1.807, 2.05) is 4.72 Å². The van der Waals surface area contributed by atoms with Crippen molar-refractivity contribution in [1.29, 1.82) is 0 Å². The third-order valence-corrected chi connectivity index (χ3v) is 5.81. The number of ether oxygens (including phenoxy) is 1. The van der Waals surface area contributed by atoms with Crippen LogP contribution in [-0.2, 0) is 31.0 Å². The van der Waals surface area contributed by atoms with Gasteiger partial charge in [0, 0.05) is 0 Å². The number of hydrogen-bond donors (Lipinski definition) is 2. The topological polar surface area (TPSA) is 127 Å². The summed E-state index contributed by atoms with van der Waals surface area (Å²) in [5.74, 6) is -2.65. The molecule has 8 nitrogen and oxygen atoms in total. The Kier molecular flexibility index (Phi) is 4.66. The molecule has 1 unspecified atom stereocenters. The Hall–Kier alpha value is -1.70. The van der Waals surface area contributed by atoms with E-state index in [1.165, 1.54) is 12.1 Å². The Bertz CT molecular complexity index is 805. The van der Waals surface area contributed by atoms with Crippen molar-refractivity contribution in [3.05, 3.63) is 29.3 Å². The molecule has 1 aliphatic heterocycles. The maximum absolute atomic E-state index is 12.4. The van der Waals surface area contributed by atoms with E-state index in [2.05, 4.69) is 0 Å². The Labute approximate surface area is 140 Å². The Morgan fingerprint density at radius 1 is 1.39 bits per heavy atom. The first-order chi connectivity index (χ1) is 10.5. The molecule has 0 aromatic heterocycles. The molecule has 1 aliphatic rings. The molecular formula is C13H12AsNO7S. The number of aliphatic carboxylic acids is 1. The molecule has 122 valence electrons. The SMILES string of the molecule is CC(=O)CC([As])(NS(=O)(=O)c1cc2cc(c1)C(=O)OC2)C(=O)O. The van der Waals surface area contributed by atoms with Gasteiger partial charge in [-0.2, -0.15) is 0 Å². The van der Waals surface area contributed by atoms with Crippen LogP contribution in [0.4, 0.5) is 0 Å². The molecule has 0 aliphatic carbocycles. The molecule has 0 saturated carbocycles. The van der Waals surface area contributed by atoms with E-state index in [9.17, 15) is 27.9 Å². The number of esters is 1. The summed E-state index contributed by atoms with van der Waals surface area (Å²) in [4.78, 5) is 33.8. The number of cyclic esters (lactones) is 1. The van der Waals surface area contributed by atoms with Crippen LogP contribution in [0, 0.1) is 0 Å². The van der Waals surface area contributed by atoms with Gasteiger partial charge in [-0.05, 0) is 0 Å². The summed E-state index contributed by atoms with van der Waals surface area (Å²) in [6, 6.07) is 3.87. The molecular weight excluding hydrogens is 389 g/mol. The van der Waals surface area contributed by atoms with Crippen molar-refractivity contribution in [3.8, 4) is 0 Å². The van der Waals surface area contributed by atoms with Crippen molar-refractivity contribution < 1.29 is 32.6 Å². The molecule has 2 rings (SSSR count). The van der Waals surface area contributed by atoms with Gasteiger partial charge in [-0.1, -0.05) is 0 Å². The van der Waals surface area contributed by atoms with Crippen molar-refractivity contribution >= 4 is 44.6 Å². The van der Waals surface area contributed by atoms with Gasteiger partial charge in [-0.25, -0.2) is 0 Å². The van der Waals surface area contributed by atoms with Gasteiger partial charge in [-0.3, -0.25) is 0 Å². The van der Waals surface area contributed by atoms with Crippen molar-refractivity contribution in [1.82, 2.24) is 4.72 Å². The molecule has 23 heavy (non-hydrogen) atoms. The van der Waals surface area contributed by atoms with Crippen LogP contribution in [0.3, 0.4) is 0 Å². The van der Waals surface area contributed by atoms with Crippen molar-refractivity contribution in [2.75, 3.05) is 0 Å². The van der Waals surface area contributed by atoms with Crippen LogP contribution in [0.15, 0.2) is 23.1 Å². The molecule has 2 bridgehead atoms. The van der Waals surface area contributed by atoms with Crippen LogP contribution >= 0.6 is 0 Å². The number of hydrogen-bond acceptors (Lipinski definition) is 6. The Balaban J connectivity index is 2.41. The van der Waals surface area contributed by atoms with Gasteiger partial charge in [-0.15, -0.1) is 0 Å². The average molecular weight is 401 g/mol. The molecule has 1 aromatic carbocycles. The number of carbonyl (C=O) groups is 3. The van der Waals surface area contributed by atoms with E-state index in [1.54, 1.807) is 16.9 Å². The third-order valence-electron chi connectivity index (χ3n) is 3.04. The van der Waals surface area contributed by atoms with Gasteiger partial charge in [0.1, 0.15) is 0 Å². The van der Waals surface area contributed by atoms with Crippen LogP contribution in [0.1, 0.15) is 29.3 Å². The third kappa shape index (κ3) is 3.80. The van der Waals surface area contributed by atoms with Gasteiger partial charge in [0.2, 0.25) is 0 Å². The normalized spacial score (nSPS) is 16.3. The van der Waals surface area contributed by atoms with Crippen LogP contribution in [0.2, 0.25) is 0 Å². The molecule has 2 radical (unpaired) electrons. The van der Waals surface area contributed by atoms with Gasteiger partial charge >= 0.3 is 140 Å². The monoisotopic (exact) mass is 401 g/mol. The summed E-state index contributed by atoms with van der Waals surface area (Å²) in [5.41, 5.74) is 0.535. The molecule has 2 N–H and O–H groups in total. The zero-order valence-electron chi connectivity index (χ0n) is 11.9. The number of carboxylic acid groups (broad SMARTS) is 1. The molecule has 1 atom stereocenters. The quantitative estimate of drug-likeness (QED) is 0.489. The van der Waals surface area contributed by atoms with Gasteiger partial charge < -0.3 is 0 Å².